The molecule has 0 aromatic carbocycles. The molecule has 19 heavy (non-hydrogen) atoms. The maximum Gasteiger partial charge on any atom is 0.319 e. The molecule has 102 valence electrons. The highest BCUT2D eigenvalue weighted by Crippen LogP contribution is 2.20. The molecule has 0 aliphatic heterocycles. The van der Waals surface area contributed by atoms with E-state index in [2.05, 4.69) is 21.0 Å². The Morgan fingerprint density at radius 1 is 1.37 bits per heavy atom. The van der Waals surface area contributed by atoms with E-state index in [1.165, 1.54) is 4.88 Å². The Labute approximate surface area is 115 Å². The Kier molecular flexibility index (Phi) is 4.40. The van der Waals surface area contributed by atoms with Crippen LogP contribution in [0.2, 0.25) is 0 Å². The zero-order chi connectivity index (χ0) is 13.7. The Morgan fingerprint density at radius 3 is 2.84 bits per heavy atom. The molecular weight excluding hydrogens is 262 g/mol. The van der Waals surface area contributed by atoms with Crippen molar-refractivity contribution in [3.05, 3.63) is 29.3 Å². The van der Waals surface area contributed by atoms with Gasteiger partial charge in [0.1, 0.15) is 5.82 Å². The number of carbonyl (C=O) groups excluding carboxylic acids is 1. The first-order chi connectivity index (χ1) is 9.13. The van der Waals surface area contributed by atoms with Crippen LogP contribution >= 0.6 is 11.3 Å². The van der Waals surface area contributed by atoms with Gasteiger partial charge in [-0.05, 0) is 19.1 Å². The molecular formula is C12H17N5OS. The van der Waals surface area contributed by atoms with Crippen molar-refractivity contribution in [3.63, 3.8) is 0 Å². The van der Waals surface area contributed by atoms with Gasteiger partial charge in [-0.1, -0.05) is 0 Å². The van der Waals surface area contributed by atoms with Crippen LogP contribution in [0.1, 0.15) is 4.88 Å². The smallest absolute Gasteiger partial charge is 0.319 e. The minimum absolute atomic E-state index is 0.190. The molecule has 2 heterocycles. The second kappa shape index (κ2) is 6.24. The van der Waals surface area contributed by atoms with Crippen molar-refractivity contribution in [1.29, 1.82) is 0 Å². The van der Waals surface area contributed by atoms with Crippen LogP contribution in [0, 0.1) is 6.92 Å². The topological polar surface area (TPSA) is 71.0 Å². The first-order valence-corrected chi connectivity index (χ1v) is 6.80. The molecule has 0 unspecified atom stereocenters. The van der Waals surface area contributed by atoms with E-state index < -0.39 is 0 Å². The third-order valence-electron chi connectivity index (χ3n) is 2.41. The van der Waals surface area contributed by atoms with E-state index in [4.69, 9.17) is 0 Å². The summed E-state index contributed by atoms with van der Waals surface area (Å²) >= 11 is 1.55. The third kappa shape index (κ3) is 4.29. The molecule has 0 atom stereocenters. The number of carbonyl (C=O) groups is 1. The highest BCUT2D eigenvalue weighted by molar-refractivity contribution is 7.16. The minimum atomic E-state index is -0.190. The summed E-state index contributed by atoms with van der Waals surface area (Å²) in [7, 11) is 1.86. The molecule has 6 nitrogen and oxygen atoms in total. The van der Waals surface area contributed by atoms with Gasteiger partial charge in [-0.15, -0.1) is 11.3 Å². The Balaban J connectivity index is 1.64. The van der Waals surface area contributed by atoms with Gasteiger partial charge in [0.2, 0.25) is 0 Å². The van der Waals surface area contributed by atoms with E-state index in [-0.39, 0.29) is 6.03 Å². The maximum atomic E-state index is 11.6. The van der Waals surface area contributed by atoms with Gasteiger partial charge < -0.3 is 10.6 Å². The second-order valence-electron chi connectivity index (χ2n) is 4.09. The van der Waals surface area contributed by atoms with E-state index in [0.717, 1.165) is 10.8 Å². The standard InChI is InChI=1S/C12H17N5OS/c1-9-3-4-11(19-9)15-12(18)14-7-6-13-10-5-8-17(2)16-10/h3-5,8H,6-7H2,1-2H3,(H,13,16)(H2,14,15,18). The minimum Gasteiger partial charge on any atom is -0.367 e. The fraction of sp³-hybridized carbons (Fsp3) is 0.333. The molecule has 0 saturated carbocycles. The van der Waals surface area contributed by atoms with Gasteiger partial charge >= 0.3 is 6.03 Å². The van der Waals surface area contributed by atoms with Crippen molar-refractivity contribution in [2.75, 3.05) is 23.7 Å². The van der Waals surface area contributed by atoms with Crippen LogP contribution in [0.4, 0.5) is 15.6 Å². The molecule has 0 aliphatic carbocycles. The fourth-order valence-corrected chi connectivity index (χ4v) is 2.30. The monoisotopic (exact) mass is 279 g/mol. The largest absolute Gasteiger partial charge is 0.367 e. The summed E-state index contributed by atoms with van der Waals surface area (Å²) < 4.78 is 1.72. The van der Waals surface area contributed by atoms with Crippen molar-refractivity contribution < 1.29 is 4.79 Å². The SMILES string of the molecule is Cc1ccc(NC(=O)NCCNc2ccn(C)n2)s1. The van der Waals surface area contributed by atoms with Crippen molar-refractivity contribution in [1.82, 2.24) is 15.1 Å². The summed E-state index contributed by atoms with van der Waals surface area (Å²) in [5.41, 5.74) is 0. The zero-order valence-corrected chi connectivity index (χ0v) is 11.8. The Bertz CT molecular complexity index is 548. The molecule has 0 bridgehead atoms. The number of thiophene rings is 1. The zero-order valence-electron chi connectivity index (χ0n) is 10.9. The van der Waals surface area contributed by atoms with Crippen LogP contribution in [0.3, 0.4) is 0 Å². The number of urea groups is 1. The number of anilines is 2. The molecule has 2 aromatic rings. The summed E-state index contributed by atoms with van der Waals surface area (Å²) in [6.07, 6.45) is 1.86. The van der Waals surface area contributed by atoms with E-state index >= 15 is 0 Å². The fourth-order valence-electron chi connectivity index (χ4n) is 1.53. The second-order valence-corrected chi connectivity index (χ2v) is 5.38. The van der Waals surface area contributed by atoms with Crippen molar-refractivity contribution in [2.45, 2.75) is 6.92 Å². The lowest BCUT2D eigenvalue weighted by atomic mass is 10.5. The number of hydrogen-bond acceptors (Lipinski definition) is 4. The predicted molar refractivity (Wildman–Crippen MR) is 77.8 cm³/mol. The van der Waals surface area contributed by atoms with Crippen molar-refractivity contribution >= 4 is 28.2 Å². The van der Waals surface area contributed by atoms with Crippen molar-refractivity contribution in [2.24, 2.45) is 7.05 Å². The van der Waals surface area contributed by atoms with E-state index in [9.17, 15) is 4.79 Å². The molecule has 2 rings (SSSR count). The van der Waals surface area contributed by atoms with Gasteiger partial charge in [-0.2, -0.15) is 5.10 Å². The van der Waals surface area contributed by atoms with E-state index in [0.29, 0.717) is 13.1 Å². The van der Waals surface area contributed by atoms with E-state index in [1.807, 2.05) is 38.4 Å². The van der Waals surface area contributed by atoms with Crippen LogP contribution < -0.4 is 16.0 Å². The van der Waals surface area contributed by atoms with Gasteiger partial charge in [0.15, 0.2) is 0 Å². The molecule has 0 spiro atoms. The summed E-state index contributed by atoms with van der Waals surface area (Å²) in [5.74, 6) is 0.804. The van der Waals surface area contributed by atoms with Gasteiger partial charge in [-0.3, -0.25) is 10.00 Å². The first kappa shape index (κ1) is 13.4. The normalized spacial score (nSPS) is 10.2. The van der Waals surface area contributed by atoms with Crippen LogP contribution in [0.15, 0.2) is 24.4 Å². The van der Waals surface area contributed by atoms with Gasteiger partial charge in [-0.25, -0.2) is 4.79 Å². The van der Waals surface area contributed by atoms with Crippen molar-refractivity contribution in [3.8, 4) is 0 Å². The molecule has 0 saturated heterocycles. The van der Waals surface area contributed by atoms with Gasteiger partial charge in [0.25, 0.3) is 0 Å². The number of nitrogens with one attached hydrogen (secondary N) is 3. The Morgan fingerprint density at radius 2 is 2.21 bits per heavy atom. The summed E-state index contributed by atoms with van der Waals surface area (Å²) in [6.45, 7) is 3.17. The first-order valence-electron chi connectivity index (χ1n) is 5.98. The highest BCUT2D eigenvalue weighted by atomic mass is 32.1. The van der Waals surface area contributed by atoms with Crippen LogP contribution in [0.25, 0.3) is 0 Å². The molecule has 0 fully saturated rings. The predicted octanol–water partition coefficient (Wildman–Crippen LogP) is 2.02. The molecule has 3 N–H and O–H groups in total. The quantitative estimate of drug-likeness (QED) is 0.733. The lowest BCUT2D eigenvalue weighted by Crippen LogP contribution is -2.32. The Hall–Kier alpha value is -2.02. The molecule has 7 heteroatoms. The summed E-state index contributed by atoms with van der Waals surface area (Å²) in [5, 5.41) is 13.7. The number of amides is 2. The molecule has 2 aromatic heterocycles. The molecule has 0 aliphatic rings. The number of rotatable bonds is 5. The summed E-state index contributed by atoms with van der Waals surface area (Å²) in [4.78, 5) is 12.7. The summed E-state index contributed by atoms with van der Waals surface area (Å²) in [6, 6.07) is 5.56. The maximum absolute atomic E-state index is 11.6. The number of nitrogens with zero attached hydrogens (tertiary/aromatic N) is 2. The van der Waals surface area contributed by atoms with Gasteiger partial charge in [0, 0.05) is 37.3 Å². The third-order valence-corrected chi connectivity index (χ3v) is 3.32. The number of hydrogen-bond donors (Lipinski definition) is 3. The van der Waals surface area contributed by atoms with Crippen LogP contribution in [-0.2, 0) is 7.05 Å². The lowest BCUT2D eigenvalue weighted by molar-refractivity contribution is 0.252. The average molecular weight is 279 g/mol. The molecule has 0 radical (unpaired) electrons. The lowest BCUT2D eigenvalue weighted by Gasteiger charge is -2.06. The number of aromatic nitrogens is 2. The van der Waals surface area contributed by atoms with E-state index in [1.54, 1.807) is 16.0 Å². The highest BCUT2D eigenvalue weighted by Gasteiger charge is 2.02. The van der Waals surface area contributed by atoms with Crippen LogP contribution in [0.5, 0.6) is 0 Å². The van der Waals surface area contributed by atoms with Gasteiger partial charge in [0.05, 0.1) is 5.00 Å². The number of aryl methyl sites for hydroxylation is 2. The molecule has 2 amide bonds. The van der Waals surface area contributed by atoms with Crippen LogP contribution in [-0.4, -0.2) is 28.9 Å². The average Bonchev–Trinajstić information content (AvgIpc) is 2.94.